The summed E-state index contributed by atoms with van der Waals surface area (Å²) in [6.45, 7) is 4.21. The second-order valence-electron chi connectivity index (χ2n) is 4.92. The van der Waals surface area contributed by atoms with Crippen LogP contribution in [0, 0.1) is 13.8 Å². The second-order valence-corrected chi connectivity index (χ2v) is 5.27. The van der Waals surface area contributed by atoms with Crippen molar-refractivity contribution in [2.45, 2.75) is 33.1 Å². The number of aromatic nitrogens is 2. The highest BCUT2D eigenvalue weighted by Crippen LogP contribution is 2.29. The molecule has 0 saturated heterocycles. The van der Waals surface area contributed by atoms with E-state index in [0.29, 0.717) is 5.15 Å². The molecule has 0 saturated carbocycles. The molecule has 2 aromatic rings. The van der Waals surface area contributed by atoms with Crippen LogP contribution in [0.4, 0.5) is 0 Å². The summed E-state index contributed by atoms with van der Waals surface area (Å²) in [5, 5.41) is 0.630. The van der Waals surface area contributed by atoms with Gasteiger partial charge in [0.1, 0.15) is 5.15 Å². The third kappa shape index (κ3) is 1.91. The fourth-order valence-corrected chi connectivity index (χ4v) is 2.68. The molecule has 0 N–H and O–H groups in total. The van der Waals surface area contributed by atoms with Gasteiger partial charge in [-0.1, -0.05) is 23.7 Å². The molecule has 0 spiro atoms. The molecule has 3 rings (SSSR count). The fraction of sp³-hybridized carbons (Fsp3) is 0.333. The minimum Gasteiger partial charge on any atom is -0.233 e. The molecule has 3 heteroatoms. The van der Waals surface area contributed by atoms with Crippen LogP contribution in [-0.2, 0) is 12.8 Å². The number of rotatable bonds is 1. The van der Waals surface area contributed by atoms with Gasteiger partial charge in [-0.15, -0.1) is 0 Å². The predicted octanol–water partition coefficient (Wildman–Crippen LogP) is 3.90. The van der Waals surface area contributed by atoms with Crippen molar-refractivity contribution in [3.8, 4) is 11.4 Å². The molecule has 1 heterocycles. The van der Waals surface area contributed by atoms with Crippen molar-refractivity contribution in [3.63, 3.8) is 0 Å². The lowest BCUT2D eigenvalue weighted by molar-refractivity contribution is 0.900. The van der Waals surface area contributed by atoms with E-state index in [0.717, 1.165) is 41.9 Å². The molecule has 1 aliphatic rings. The average molecular weight is 259 g/mol. The molecule has 0 bridgehead atoms. The topological polar surface area (TPSA) is 25.8 Å². The van der Waals surface area contributed by atoms with Crippen LogP contribution in [0.3, 0.4) is 0 Å². The van der Waals surface area contributed by atoms with Gasteiger partial charge in [0, 0.05) is 16.8 Å². The van der Waals surface area contributed by atoms with Gasteiger partial charge >= 0.3 is 0 Å². The third-order valence-corrected chi connectivity index (χ3v) is 3.96. The molecular formula is C15H15ClN2. The van der Waals surface area contributed by atoms with E-state index in [2.05, 4.69) is 42.0 Å². The molecular weight excluding hydrogens is 244 g/mol. The summed E-state index contributed by atoms with van der Waals surface area (Å²) in [7, 11) is 0. The maximum atomic E-state index is 6.24. The molecule has 2 nitrogen and oxygen atoms in total. The molecule has 92 valence electrons. The molecule has 0 atom stereocenters. The van der Waals surface area contributed by atoms with Gasteiger partial charge in [-0.3, -0.25) is 0 Å². The average Bonchev–Trinajstić information content (AvgIpc) is 2.81. The zero-order valence-corrected chi connectivity index (χ0v) is 11.4. The van der Waals surface area contributed by atoms with E-state index in [1.54, 1.807) is 0 Å². The van der Waals surface area contributed by atoms with Crippen LogP contribution in [0.25, 0.3) is 11.4 Å². The lowest BCUT2D eigenvalue weighted by atomic mass is 10.1. The lowest BCUT2D eigenvalue weighted by Gasteiger charge is -2.07. The van der Waals surface area contributed by atoms with Crippen molar-refractivity contribution in [3.05, 3.63) is 45.7 Å². The van der Waals surface area contributed by atoms with Crippen LogP contribution in [0.5, 0.6) is 0 Å². The first-order valence-corrected chi connectivity index (χ1v) is 6.66. The van der Waals surface area contributed by atoms with Crippen molar-refractivity contribution in [2.24, 2.45) is 0 Å². The Kier molecular flexibility index (Phi) is 2.83. The smallest absolute Gasteiger partial charge is 0.161 e. The highest BCUT2D eigenvalue weighted by Gasteiger charge is 2.18. The number of benzene rings is 1. The van der Waals surface area contributed by atoms with Crippen LogP contribution in [0.2, 0.25) is 5.15 Å². The summed E-state index contributed by atoms with van der Waals surface area (Å²) < 4.78 is 0. The maximum Gasteiger partial charge on any atom is 0.161 e. The highest BCUT2D eigenvalue weighted by atomic mass is 35.5. The van der Waals surface area contributed by atoms with Crippen molar-refractivity contribution in [1.82, 2.24) is 9.97 Å². The first kappa shape index (κ1) is 11.7. The van der Waals surface area contributed by atoms with E-state index < -0.39 is 0 Å². The van der Waals surface area contributed by atoms with Crippen molar-refractivity contribution in [2.75, 3.05) is 0 Å². The summed E-state index contributed by atoms with van der Waals surface area (Å²) in [4.78, 5) is 9.10. The summed E-state index contributed by atoms with van der Waals surface area (Å²) >= 11 is 6.24. The summed E-state index contributed by atoms with van der Waals surface area (Å²) in [6, 6.07) is 6.30. The summed E-state index contributed by atoms with van der Waals surface area (Å²) in [5.41, 5.74) is 5.86. The zero-order chi connectivity index (χ0) is 12.7. The molecule has 1 aromatic carbocycles. The fourth-order valence-electron chi connectivity index (χ4n) is 2.40. The lowest BCUT2D eigenvalue weighted by Crippen LogP contribution is -1.97. The number of aryl methyl sites for hydroxylation is 3. The second kappa shape index (κ2) is 4.36. The number of hydrogen-bond acceptors (Lipinski definition) is 2. The Morgan fingerprint density at radius 2 is 1.89 bits per heavy atom. The van der Waals surface area contributed by atoms with E-state index in [1.807, 2.05) is 0 Å². The van der Waals surface area contributed by atoms with Gasteiger partial charge in [0.05, 0.1) is 0 Å². The van der Waals surface area contributed by atoms with E-state index in [9.17, 15) is 0 Å². The SMILES string of the molecule is Cc1ccc(-c2nc(Cl)c3c(n2)CCC3)cc1C. The van der Waals surface area contributed by atoms with Crippen molar-refractivity contribution >= 4 is 11.6 Å². The van der Waals surface area contributed by atoms with Gasteiger partial charge in [-0.2, -0.15) is 0 Å². The van der Waals surface area contributed by atoms with Crippen LogP contribution >= 0.6 is 11.6 Å². The van der Waals surface area contributed by atoms with Gasteiger partial charge in [0.25, 0.3) is 0 Å². The first-order valence-electron chi connectivity index (χ1n) is 6.28. The quantitative estimate of drug-likeness (QED) is 0.725. The van der Waals surface area contributed by atoms with Crippen LogP contribution in [-0.4, -0.2) is 9.97 Å². The Bertz CT molecular complexity index is 620. The van der Waals surface area contributed by atoms with Crippen LogP contribution in [0.15, 0.2) is 18.2 Å². The van der Waals surface area contributed by atoms with Crippen LogP contribution < -0.4 is 0 Å². The molecule has 1 aliphatic carbocycles. The Labute approximate surface area is 112 Å². The van der Waals surface area contributed by atoms with Gasteiger partial charge < -0.3 is 0 Å². The standard InChI is InChI=1S/C15H15ClN2/c1-9-6-7-11(8-10(9)2)15-17-13-5-3-4-12(13)14(16)18-15/h6-8H,3-5H2,1-2H3. The number of hydrogen-bond donors (Lipinski definition) is 0. The van der Waals surface area contributed by atoms with E-state index in [-0.39, 0.29) is 0 Å². The van der Waals surface area contributed by atoms with Gasteiger partial charge in [0.2, 0.25) is 0 Å². The normalized spacial score (nSPS) is 13.7. The number of nitrogens with zero attached hydrogens (tertiary/aromatic N) is 2. The molecule has 0 fully saturated rings. The highest BCUT2D eigenvalue weighted by molar-refractivity contribution is 6.30. The number of halogens is 1. The maximum absolute atomic E-state index is 6.24. The third-order valence-electron chi connectivity index (χ3n) is 3.65. The molecule has 0 aliphatic heterocycles. The first-order chi connectivity index (χ1) is 8.65. The number of fused-ring (bicyclic) bond motifs is 1. The summed E-state index contributed by atoms with van der Waals surface area (Å²) in [5.74, 6) is 0.753. The zero-order valence-electron chi connectivity index (χ0n) is 10.6. The predicted molar refractivity (Wildman–Crippen MR) is 74.0 cm³/mol. The Balaban J connectivity index is 2.12. The van der Waals surface area contributed by atoms with E-state index >= 15 is 0 Å². The Morgan fingerprint density at radius 1 is 1.06 bits per heavy atom. The largest absolute Gasteiger partial charge is 0.233 e. The van der Waals surface area contributed by atoms with Gasteiger partial charge in [0.15, 0.2) is 5.82 Å². The minimum atomic E-state index is 0.630. The van der Waals surface area contributed by atoms with E-state index in [1.165, 1.54) is 11.1 Å². The Hall–Kier alpha value is -1.41. The molecule has 0 unspecified atom stereocenters. The minimum absolute atomic E-state index is 0.630. The van der Waals surface area contributed by atoms with Crippen LogP contribution in [0.1, 0.15) is 28.8 Å². The van der Waals surface area contributed by atoms with Crippen molar-refractivity contribution < 1.29 is 0 Å². The molecule has 0 amide bonds. The monoisotopic (exact) mass is 258 g/mol. The van der Waals surface area contributed by atoms with E-state index in [4.69, 9.17) is 11.6 Å². The molecule has 0 radical (unpaired) electrons. The van der Waals surface area contributed by atoms with Crippen molar-refractivity contribution in [1.29, 1.82) is 0 Å². The Morgan fingerprint density at radius 3 is 2.67 bits per heavy atom. The molecule has 1 aromatic heterocycles. The summed E-state index contributed by atoms with van der Waals surface area (Å²) in [6.07, 6.45) is 3.18. The van der Waals surface area contributed by atoms with Gasteiger partial charge in [-0.05, 0) is 50.3 Å². The van der Waals surface area contributed by atoms with Gasteiger partial charge in [-0.25, -0.2) is 9.97 Å². The molecule has 18 heavy (non-hydrogen) atoms.